The van der Waals surface area contributed by atoms with Crippen molar-refractivity contribution in [3.05, 3.63) is 18.2 Å². The molecule has 0 aliphatic heterocycles. The van der Waals surface area contributed by atoms with Crippen molar-refractivity contribution in [3.8, 4) is 0 Å². The highest BCUT2D eigenvalue weighted by Gasteiger charge is 1.73. The Bertz CT molecular complexity index is 118. The summed E-state index contributed by atoms with van der Waals surface area (Å²) in [7, 11) is 0. The third kappa shape index (κ3) is 3.01. The van der Waals surface area contributed by atoms with Crippen molar-refractivity contribution in [1.82, 2.24) is 9.97 Å². The summed E-state index contributed by atoms with van der Waals surface area (Å²) in [5.41, 5.74) is 0. The molecule has 0 saturated heterocycles. The molecule has 4 heteroatoms. The van der Waals surface area contributed by atoms with Crippen LogP contribution < -0.4 is 0 Å². The van der Waals surface area contributed by atoms with Crippen LogP contribution in [0, 0.1) is 6.92 Å². The van der Waals surface area contributed by atoms with Crippen molar-refractivity contribution in [3.63, 3.8) is 0 Å². The van der Waals surface area contributed by atoms with Crippen molar-refractivity contribution < 1.29 is 5.48 Å². The number of rotatable bonds is 0. The Morgan fingerprint density at radius 1 is 1.62 bits per heavy atom. The Balaban J connectivity index is 0. The van der Waals surface area contributed by atoms with E-state index in [-0.39, 0.29) is 28.5 Å². The molecule has 3 nitrogen and oxygen atoms in total. The second-order valence-corrected chi connectivity index (χ2v) is 1.17. The Kier molecular flexibility index (Phi) is 6.88. The van der Waals surface area contributed by atoms with E-state index in [2.05, 4.69) is 9.97 Å². The largest absolute Gasteiger partial charge is 0.412 e. The lowest BCUT2D eigenvalue weighted by molar-refractivity contribution is 0.824. The van der Waals surface area contributed by atoms with Crippen molar-refractivity contribution in [2.45, 2.75) is 6.92 Å². The summed E-state index contributed by atoms with van der Waals surface area (Å²) < 4.78 is 0. The van der Waals surface area contributed by atoms with Gasteiger partial charge in [0.05, 0.1) is 0 Å². The van der Waals surface area contributed by atoms with E-state index < -0.39 is 0 Å². The minimum atomic E-state index is 0. The first-order valence-corrected chi connectivity index (χ1v) is 1.85. The predicted molar refractivity (Wildman–Crippen MR) is 35.5 cm³/mol. The normalized spacial score (nSPS) is 6.62. The van der Waals surface area contributed by atoms with Crippen molar-refractivity contribution in [1.29, 1.82) is 0 Å². The first-order chi connectivity index (χ1) is 2.89. The average molecular weight is 126 g/mol. The van der Waals surface area contributed by atoms with E-state index in [9.17, 15) is 0 Å². The standard InChI is InChI=1S/C4H6N2.Mg.H2O.2H/c1-4-5-2-3-6-4;;;;/h2-3H,1H3,(H,5,6);;1H2;;. The summed E-state index contributed by atoms with van der Waals surface area (Å²) in [4.78, 5) is 6.75. The van der Waals surface area contributed by atoms with Crippen molar-refractivity contribution in [2.24, 2.45) is 0 Å². The van der Waals surface area contributed by atoms with Crippen LogP contribution in [-0.4, -0.2) is 38.5 Å². The Morgan fingerprint density at radius 2 is 2.25 bits per heavy atom. The van der Waals surface area contributed by atoms with Gasteiger partial charge in [0.15, 0.2) is 0 Å². The maximum Gasteiger partial charge on any atom is 0.316 e. The molecule has 0 spiro atoms. The fraction of sp³-hybridized carbons (Fsp3) is 0.250. The Hall–Kier alpha value is -0.0638. The van der Waals surface area contributed by atoms with Gasteiger partial charge >= 0.3 is 23.1 Å². The number of H-pyrrole nitrogens is 1. The maximum atomic E-state index is 3.86. The van der Waals surface area contributed by atoms with Gasteiger partial charge in [0, 0.05) is 12.4 Å². The van der Waals surface area contributed by atoms with Crippen LogP contribution >= 0.6 is 0 Å². The zero-order valence-corrected chi connectivity index (χ0v) is 4.10. The Morgan fingerprint density at radius 3 is 2.38 bits per heavy atom. The molecule has 8 heavy (non-hydrogen) atoms. The minimum Gasteiger partial charge on any atom is -0.412 e. The molecule has 44 valence electrons. The summed E-state index contributed by atoms with van der Waals surface area (Å²) in [6.07, 6.45) is 3.53. The molecular formula is C4H10MgN2O. The molecule has 1 rings (SSSR count). The van der Waals surface area contributed by atoms with Gasteiger partial charge in [-0.05, 0) is 6.92 Å². The monoisotopic (exact) mass is 126 g/mol. The van der Waals surface area contributed by atoms with E-state index in [0.29, 0.717) is 0 Å². The van der Waals surface area contributed by atoms with E-state index in [1.54, 1.807) is 12.4 Å². The first kappa shape index (κ1) is 10.8. The number of nitrogens with one attached hydrogen (secondary N) is 1. The lowest BCUT2D eigenvalue weighted by atomic mass is 10.8. The van der Waals surface area contributed by atoms with E-state index >= 15 is 0 Å². The predicted octanol–water partition coefficient (Wildman–Crippen LogP) is -1.02. The third-order valence-corrected chi connectivity index (χ3v) is 0.635. The van der Waals surface area contributed by atoms with Crippen LogP contribution in [0.25, 0.3) is 0 Å². The summed E-state index contributed by atoms with van der Waals surface area (Å²) in [5.74, 6) is 0.968. The number of aromatic amines is 1. The van der Waals surface area contributed by atoms with Gasteiger partial charge in [-0.25, -0.2) is 4.98 Å². The summed E-state index contributed by atoms with van der Waals surface area (Å²) in [6.45, 7) is 1.92. The molecule has 1 aromatic rings. The lowest BCUT2D eigenvalue weighted by Gasteiger charge is -1.68. The molecule has 0 radical (unpaired) electrons. The molecule has 0 aliphatic carbocycles. The maximum absolute atomic E-state index is 3.86. The summed E-state index contributed by atoms with van der Waals surface area (Å²) in [6, 6.07) is 0. The number of imidazole rings is 1. The van der Waals surface area contributed by atoms with Gasteiger partial charge in [-0.2, -0.15) is 0 Å². The molecule has 0 unspecified atom stereocenters. The van der Waals surface area contributed by atoms with Crippen LogP contribution in [0.3, 0.4) is 0 Å². The highest BCUT2D eigenvalue weighted by molar-refractivity contribution is 5.75. The van der Waals surface area contributed by atoms with Gasteiger partial charge < -0.3 is 10.5 Å². The van der Waals surface area contributed by atoms with Crippen LogP contribution in [0.15, 0.2) is 12.4 Å². The summed E-state index contributed by atoms with van der Waals surface area (Å²) in [5, 5.41) is 0. The number of aromatic nitrogens is 2. The van der Waals surface area contributed by atoms with E-state index in [0.717, 1.165) is 5.82 Å². The average Bonchev–Trinajstić information content (AvgIpc) is 1.86. The minimum absolute atomic E-state index is 0. The van der Waals surface area contributed by atoms with Crippen molar-refractivity contribution >= 4 is 23.1 Å². The molecule has 1 aromatic heterocycles. The lowest BCUT2D eigenvalue weighted by Crippen LogP contribution is -1.66. The van der Waals surface area contributed by atoms with E-state index in [4.69, 9.17) is 0 Å². The van der Waals surface area contributed by atoms with Gasteiger partial charge in [0.2, 0.25) is 0 Å². The van der Waals surface area contributed by atoms with E-state index in [1.165, 1.54) is 0 Å². The molecule has 3 N–H and O–H groups in total. The smallest absolute Gasteiger partial charge is 0.316 e. The summed E-state index contributed by atoms with van der Waals surface area (Å²) >= 11 is 0. The fourth-order valence-corrected chi connectivity index (χ4v) is 0.344. The molecule has 0 aliphatic rings. The third-order valence-electron chi connectivity index (χ3n) is 0.635. The van der Waals surface area contributed by atoms with Gasteiger partial charge in [0.1, 0.15) is 5.82 Å². The number of nitrogens with zero attached hydrogens (tertiary/aromatic N) is 1. The molecule has 0 saturated carbocycles. The van der Waals surface area contributed by atoms with Crippen molar-refractivity contribution in [2.75, 3.05) is 0 Å². The zero-order chi connectivity index (χ0) is 4.41. The van der Waals surface area contributed by atoms with Gasteiger partial charge in [-0.1, -0.05) is 0 Å². The zero-order valence-electron chi connectivity index (χ0n) is 4.10. The van der Waals surface area contributed by atoms with Crippen LogP contribution in [0.2, 0.25) is 0 Å². The fourth-order valence-electron chi connectivity index (χ4n) is 0.344. The molecule has 0 fully saturated rings. The second-order valence-electron chi connectivity index (χ2n) is 1.17. The van der Waals surface area contributed by atoms with Crippen LogP contribution in [0.1, 0.15) is 5.82 Å². The molecule has 0 amide bonds. The Labute approximate surface area is 64.0 Å². The number of aryl methyl sites for hydroxylation is 1. The molecule has 1 heterocycles. The molecular weight excluding hydrogens is 116 g/mol. The van der Waals surface area contributed by atoms with Gasteiger partial charge in [0.25, 0.3) is 0 Å². The number of hydrogen-bond donors (Lipinski definition) is 1. The molecule has 0 bridgehead atoms. The quantitative estimate of drug-likeness (QED) is 0.444. The topological polar surface area (TPSA) is 60.2 Å². The molecule has 0 aromatic carbocycles. The van der Waals surface area contributed by atoms with E-state index in [1.807, 2.05) is 6.92 Å². The van der Waals surface area contributed by atoms with Gasteiger partial charge in [-0.3, -0.25) is 0 Å². The van der Waals surface area contributed by atoms with Crippen LogP contribution in [-0.2, 0) is 0 Å². The first-order valence-electron chi connectivity index (χ1n) is 1.85. The number of hydrogen-bond acceptors (Lipinski definition) is 1. The SMILES string of the molecule is Cc1ncc[nH]1.O.[MgH2]. The molecule has 0 atom stereocenters. The van der Waals surface area contributed by atoms with Crippen LogP contribution in [0.4, 0.5) is 0 Å². The highest BCUT2D eigenvalue weighted by atomic mass is 24.3. The van der Waals surface area contributed by atoms with Crippen LogP contribution in [0.5, 0.6) is 0 Å². The second kappa shape index (κ2) is 5.08. The van der Waals surface area contributed by atoms with Gasteiger partial charge in [-0.15, -0.1) is 0 Å². The highest BCUT2D eigenvalue weighted by Crippen LogP contribution is 1.78.